The number of rotatable bonds is 5. The SMILES string of the molecule is O=C(O)c1cc(O[C@H]2CCCCO2)cc(O[C@H]2CCCCO2)c1. The molecule has 6 nitrogen and oxygen atoms in total. The van der Waals surface area contributed by atoms with Crippen LogP contribution >= 0.6 is 0 Å². The summed E-state index contributed by atoms with van der Waals surface area (Å²) in [6, 6.07) is 4.69. The van der Waals surface area contributed by atoms with E-state index in [9.17, 15) is 9.90 Å². The molecule has 0 aliphatic carbocycles. The van der Waals surface area contributed by atoms with Gasteiger partial charge in [0.1, 0.15) is 11.5 Å². The first-order chi connectivity index (χ1) is 11.2. The van der Waals surface area contributed by atoms with Crippen LogP contribution in [0.5, 0.6) is 11.5 Å². The number of carboxylic acid groups (broad SMARTS) is 1. The molecule has 1 N–H and O–H groups in total. The molecule has 126 valence electrons. The van der Waals surface area contributed by atoms with Crippen molar-refractivity contribution in [2.45, 2.75) is 51.1 Å². The topological polar surface area (TPSA) is 74.2 Å². The summed E-state index contributed by atoms with van der Waals surface area (Å²) in [4.78, 5) is 11.3. The highest BCUT2D eigenvalue weighted by Gasteiger charge is 2.19. The molecule has 0 spiro atoms. The molecule has 2 aliphatic heterocycles. The quantitative estimate of drug-likeness (QED) is 0.897. The number of carbonyl (C=O) groups is 1. The van der Waals surface area contributed by atoms with Gasteiger partial charge in [0, 0.05) is 18.9 Å². The van der Waals surface area contributed by atoms with Gasteiger partial charge in [-0.1, -0.05) is 0 Å². The van der Waals surface area contributed by atoms with E-state index in [0.29, 0.717) is 24.7 Å². The van der Waals surface area contributed by atoms with E-state index < -0.39 is 5.97 Å². The van der Waals surface area contributed by atoms with Crippen LogP contribution in [0, 0.1) is 0 Å². The van der Waals surface area contributed by atoms with E-state index in [1.54, 1.807) is 6.07 Å². The maximum Gasteiger partial charge on any atom is 0.335 e. The molecule has 0 saturated carbocycles. The standard InChI is InChI=1S/C17H22O6/c18-17(19)12-9-13(22-15-5-1-3-7-20-15)11-14(10-12)23-16-6-2-4-8-21-16/h9-11,15-16H,1-8H2,(H,18,19)/t15-,16-/m0/s1. The van der Waals surface area contributed by atoms with E-state index in [1.165, 1.54) is 12.1 Å². The van der Waals surface area contributed by atoms with Crippen molar-refractivity contribution in [3.63, 3.8) is 0 Å². The molecule has 0 aromatic heterocycles. The Bertz CT molecular complexity index is 494. The van der Waals surface area contributed by atoms with Crippen molar-refractivity contribution in [3.8, 4) is 11.5 Å². The molecule has 3 rings (SSSR count). The fraction of sp³-hybridized carbons (Fsp3) is 0.588. The van der Waals surface area contributed by atoms with Crippen molar-refractivity contribution >= 4 is 5.97 Å². The summed E-state index contributed by atoms with van der Waals surface area (Å²) in [6.45, 7) is 1.34. The fourth-order valence-electron chi connectivity index (χ4n) is 2.74. The van der Waals surface area contributed by atoms with Gasteiger partial charge < -0.3 is 24.1 Å². The lowest BCUT2D eigenvalue weighted by Crippen LogP contribution is -2.26. The molecular weight excluding hydrogens is 300 g/mol. The summed E-state index contributed by atoms with van der Waals surface area (Å²) in [7, 11) is 0. The third-order valence-electron chi connectivity index (χ3n) is 3.94. The van der Waals surface area contributed by atoms with E-state index >= 15 is 0 Å². The van der Waals surface area contributed by atoms with Crippen LogP contribution in [0.1, 0.15) is 48.9 Å². The van der Waals surface area contributed by atoms with Gasteiger partial charge in [-0.15, -0.1) is 0 Å². The van der Waals surface area contributed by atoms with Gasteiger partial charge in [0.25, 0.3) is 0 Å². The van der Waals surface area contributed by atoms with Crippen LogP contribution in [0.4, 0.5) is 0 Å². The Hall–Kier alpha value is -1.79. The van der Waals surface area contributed by atoms with Crippen LogP contribution < -0.4 is 9.47 Å². The molecule has 1 aromatic carbocycles. The third-order valence-corrected chi connectivity index (χ3v) is 3.94. The first-order valence-electron chi connectivity index (χ1n) is 8.15. The number of benzene rings is 1. The first-order valence-corrected chi connectivity index (χ1v) is 8.15. The molecule has 0 bridgehead atoms. The fourth-order valence-corrected chi connectivity index (χ4v) is 2.74. The van der Waals surface area contributed by atoms with Crippen molar-refractivity contribution in [2.24, 2.45) is 0 Å². The lowest BCUT2D eigenvalue weighted by molar-refractivity contribution is -0.109. The zero-order valence-corrected chi connectivity index (χ0v) is 13.0. The highest BCUT2D eigenvalue weighted by atomic mass is 16.7. The zero-order chi connectivity index (χ0) is 16.1. The minimum absolute atomic E-state index is 0.129. The van der Waals surface area contributed by atoms with Gasteiger partial charge in [-0.25, -0.2) is 4.79 Å². The second kappa shape index (κ2) is 7.66. The molecule has 0 amide bonds. The second-order valence-corrected chi connectivity index (χ2v) is 5.83. The normalized spacial score (nSPS) is 24.9. The largest absolute Gasteiger partial charge is 0.478 e. The average molecular weight is 322 g/mol. The van der Waals surface area contributed by atoms with Crippen molar-refractivity contribution in [1.82, 2.24) is 0 Å². The summed E-state index contributed by atoms with van der Waals surface area (Å²) in [5.74, 6) is -0.125. The van der Waals surface area contributed by atoms with Crippen molar-refractivity contribution in [3.05, 3.63) is 23.8 Å². The van der Waals surface area contributed by atoms with Crippen LogP contribution in [0.3, 0.4) is 0 Å². The monoisotopic (exact) mass is 322 g/mol. The highest BCUT2D eigenvalue weighted by Crippen LogP contribution is 2.28. The van der Waals surface area contributed by atoms with E-state index in [4.69, 9.17) is 18.9 Å². The lowest BCUT2D eigenvalue weighted by atomic mass is 10.2. The number of hydrogen-bond acceptors (Lipinski definition) is 5. The Balaban J connectivity index is 1.73. The minimum atomic E-state index is -1.02. The maximum atomic E-state index is 11.3. The van der Waals surface area contributed by atoms with Gasteiger partial charge in [-0.3, -0.25) is 0 Å². The predicted molar refractivity (Wildman–Crippen MR) is 81.8 cm³/mol. The summed E-state index contributed by atoms with van der Waals surface area (Å²) < 4.78 is 22.6. The smallest absolute Gasteiger partial charge is 0.335 e. The molecule has 2 saturated heterocycles. The number of carboxylic acids is 1. The van der Waals surface area contributed by atoms with Crippen molar-refractivity contribution in [1.29, 1.82) is 0 Å². The average Bonchev–Trinajstić information content (AvgIpc) is 2.56. The molecule has 2 fully saturated rings. The molecule has 2 heterocycles. The van der Waals surface area contributed by atoms with Crippen LogP contribution in [-0.2, 0) is 9.47 Å². The molecule has 0 unspecified atom stereocenters. The summed E-state index contributed by atoms with van der Waals surface area (Å²) in [6.07, 6.45) is 5.10. The van der Waals surface area contributed by atoms with Gasteiger partial charge in [0.2, 0.25) is 0 Å². The Morgan fingerprint density at radius 3 is 1.83 bits per heavy atom. The van der Waals surface area contributed by atoms with Gasteiger partial charge in [-0.05, 0) is 37.8 Å². The predicted octanol–water partition coefficient (Wildman–Crippen LogP) is 3.20. The lowest BCUT2D eigenvalue weighted by Gasteiger charge is -2.25. The zero-order valence-electron chi connectivity index (χ0n) is 13.0. The van der Waals surface area contributed by atoms with Crippen LogP contribution in [0.15, 0.2) is 18.2 Å². The maximum absolute atomic E-state index is 11.3. The molecule has 6 heteroatoms. The second-order valence-electron chi connectivity index (χ2n) is 5.83. The Morgan fingerprint density at radius 2 is 1.43 bits per heavy atom. The van der Waals surface area contributed by atoms with Crippen molar-refractivity contribution in [2.75, 3.05) is 13.2 Å². The van der Waals surface area contributed by atoms with Crippen LogP contribution in [0.25, 0.3) is 0 Å². The van der Waals surface area contributed by atoms with E-state index in [0.717, 1.165) is 38.5 Å². The minimum Gasteiger partial charge on any atom is -0.478 e. The number of hydrogen-bond donors (Lipinski definition) is 1. The first kappa shape index (κ1) is 16.1. The molecule has 0 radical (unpaired) electrons. The molecular formula is C17H22O6. The Labute approximate surface area is 135 Å². The molecule has 2 atom stereocenters. The van der Waals surface area contributed by atoms with Gasteiger partial charge in [0.05, 0.1) is 18.8 Å². The summed E-state index contributed by atoms with van der Waals surface area (Å²) in [5.41, 5.74) is 0.129. The van der Waals surface area contributed by atoms with Crippen LogP contribution in [0.2, 0.25) is 0 Å². The van der Waals surface area contributed by atoms with Gasteiger partial charge in [0.15, 0.2) is 12.6 Å². The summed E-state index contributed by atoms with van der Waals surface area (Å²) in [5, 5.41) is 9.27. The number of aromatic carboxylic acids is 1. The molecule has 1 aromatic rings. The van der Waals surface area contributed by atoms with Gasteiger partial charge >= 0.3 is 5.97 Å². The van der Waals surface area contributed by atoms with E-state index in [2.05, 4.69) is 0 Å². The van der Waals surface area contributed by atoms with E-state index in [1.807, 2.05) is 0 Å². The Morgan fingerprint density at radius 1 is 0.913 bits per heavy atom. The van der Waals surface area contributed by atoms with E-state index in [-0.39, 0.29) is 18.1 Å². The van der Waals surface area contributed by atoms with Crippen LogP contribution in [-0.4, -0.2) is 36.9 Å². The van der Waals surface area contributed by atoms with Crippen molar-refractivity contribution < 1.29 is 28.8 Å². The third kappa shape index (κ3) is 4.59. The highest BCUT2D eigenvalue weighted by molar-refractivity contribution is 5.88. The molecule has 23 heavy (non-hydrogen) atoms. The van der Waals surface area contributed by atoms with Gasteiger partial charge in [-0.2, -0.15) is 0 Å². The Kier molecular flexibility index (Phi) is 5.35. The molecule has 2 aliphatic rings. The number of ether oxygens (including phenoxy) is 4. The summed E-state index contributed by atoms with van der Waals surface area (Å²) >= 11 is 0.